The SMILES string of the molecule is FC(F)(F)c1ccc(Oc2nccnc2-c2ccc(C#CSI)nc2)cc1. The maximum atomic E-state index is 12.7. The van der Waals surface area contributed by atoms with E-state index in [9.17, 15) is 13.2 Å². The van der Waals surface area contributed by atoms with Gasteiger partial charge in [0.25, 0.3) is 0 Å². The summed E-state index contributed by atoms with van der Waals surface area (Å²) < 4.78 is 43.6. The van der Waals surface area contributed by atoms with E-state index in [0.29, 0.717) is 17.0 Å². The highest BCUT2D eigenvalue weighted by atomic mass is 127. The smallest absolute Gasteiger partial charge is 0.416 e. The third-order valence-corrected chi connectivity index (χ3v) is 4.16. The molecule has 1 aromatic carbocycles. The molecular weight excluding hydrogens is 490 g/mol. The van der Waals surface area contributed by atoms with Crippen LogP contribution < -0.4 is 4.74 Å². The summed E-state index contributed by atoms with van der Waals surface area (Å²) in [7, 11) is 1.36. The highest BCUT2D eigenvalue weighted by molar-refractivity contribution is 14.2. The van der Waals surface area contributed by atoms with Gasteiger partial charge in [0.1, 0.15) is 17.1 Å². The van der Waals surface area contributed by atoms with Gasteiger partial charge in [-0.2, -0.15) is 13.2 Å². The molecule has 0 saturated heterocycles. The van der Waals surface area contributed by atoms with Crippen LogP contribution in [0.4, 0.5) is 13.2 Å². The van der Waals surface area contributed by atoms with Gasteiger partial charge in [0.15, 0.2) is 0 Å². The summed E-state index contributed by atoms with van der Waals surface area (Å²) in [6.07, 6.45) is 0.122. The summed E-state index contributed by atoms with van der Waals surface area (Å²) in [5.74, 6) is 3.27. The van der Waals surface area contributed by atoms with Crippen LogP contribution in [0.25, 0.3) is 11.3 Å². The zero-order chi connectivity index (χ0) is 19.3. The summed E-state index contributed by atoms with van der Waals surface area (Å²) >= 11 is 2.07. The van der Waals surface area contributed by atoms with Crippen LogP contribution in [0, 0.1) is 11.2 Å². The average molecular weight is 499 g/mol. The predicted molar refractivity (Wildman–Crippen MR) is 105 cm³/mol. The molecule has 0 amide bonds. The van der Waals surface area contributed by atoms with Gasteiger partial charge in [0.2, 0.25) is 5.88 Å². The van der Waals surface area contributed by atoms with E-state index in [4.69, 9.17) is 4.74 Å². The predicted octanol–water partition coefficient (Wildman–Crippen LogP) is 5.74. The van der Waals surface area contributed by atoms with Gasteiger partial charge in [-0.25, -0.2) is 15.0 Å². The molecule has 2 heterocycles. The van der Waals surface area contributed by atoms with Crippen LogP contribution >= 0.6 is 30.1 Å². The number of pyridine rings is 1. The highest BCUT2D eigenvalue weighted by Crippen LogP contribution is 2.33. The van der Waals surface area contributed by atoms with E-state index in [0.717, 1.165) is 12.1 Å². The molecule has 2 aromatic heterocycles. The van der Waals surface area contributed by atoms with Gasteiger partial charge in [-0.3, -0.25) is 0 Å². The van der Waals surface area contributed by atoms with Crippen molar-refractivity contribution in [3.8, 4) is 34.1 Å². The number of benzene rings is 1. The molecule has 0 bridgehead atoms. The van der Waals surface area contributed by atoms with Gasteiger partial charge in [0, 0.05) is 45.4 Å². The molecule has 0 fully saturated rings. The maximum absolute atomic E-state index is 12.7. The summed E-state index contributed by atoms with van der Waals surface area (Å²) in [6.45, 7) is 0. The lowest BCUT2D eigenvalue weighted by Gasteiger charge is -2.10. The second-order valence-electron chi connectivity index (χ2n) is 5.07. The molecule has 3 aromatic rings. The van der Waals surface area contributed by atoms with Crippen LogP contribution in [0.2, 0.25) is 0 Å². The number of rotatable bonds is 3. The third-order valence-electron chi connectivity index (χ3n) is 3.32. The summed E-state index contributed by atoms with van der Waals surface area (Å²) in [6, 6.07) is 7.89. The second-order valence-corrected chi connectivity index (χ2v) is 6.75. The van der Waals surface area contributed by atoms with Gasteiger partial charge in [-0.05, 0) is 56.5 Å². The normalized spacial score (nSPS) is 10.8. The molecule has 27 heavy (non-hydrogen) atoms. The quantitative estimate of drug-likeness (QED) is 0.340. The number of ether oxygens (including phenoxy) is 1. The zero-order valence-corrected chi connectivity index (χ0v) is 16.3. The summed E-state index contributed by atoms with van der Waals surface area (Å²) in [5, 5.41) is 2.84. The Morgan fingerprint density at radius 2 is 1.70 bits per heavy atom. The summed E-state index contributed by atoms with van der Waals surface area (Å²) in [5.41, 5.74) is 0.933. The number of aromatic nitrogens is 3. The van der Waals surface area contributed by atoms with Crippen LogP contribution in [0.1, 0.15) is 11.3 Å². The van der Waals surface area contributed by atoms with Gasteiger partial charge < -0.3 is 4.74 Å². The highest BCUT2D eigenvalue weighted by Gasteiger charge is 2.30. The van der Waals surface area contributed by atoms with Crippen molar-refractivity contribution in [2.75, 3.05) is 0 Å². The monoisotopic (exact) mass is 499 g/mol. The van der Waals surface area contributed by atoms with Crippen molar-refractivity contribution < 1.29 is 17.9 Å². The number of alkyl halides is 3. The van der Waals surface area contributed by atoms with Gasteiger partial charge in [-0.15, -0.1) is 0 Å². The second kappa shape index (κ2) is 8.58. The van der Waals surface area contributed by atoms with Crippen molar-refractivity contribution in [2.24, 2.45) is 0 Å². The lowest BCUT2D eigenvalue weighted by Crippen LogP contribution is -2.04. The Morgan fingerprint density at radius 3 is 2.33 bits per heavy atom. The molecule has 0 radical (unpaired) electrons. The van der Waals surface area contributed by atoms with E-state index in [1.54, 1.807) is 18.3 Å². The van der Waals surface area contributed by atoms with Crippen molar-refractivity contribution >= 4 is 30.1 Å². The van der Waals surface area contributed by atoms with Crippen LogP contribution in [-0.2, 0) is 6.18 Å². The van der Waals surface area contributed by atoms with Crippen molar-refractivity contribution in [3.05, 3.63) is 66.2 Å². The van der Waals surface area contributed by atoms with E-state index in [-0.39, 0.29) is 11.6 Å². The Kier molecular flexibility index (Phi) is 6.18. The Morgan fingerprint density at radius 1 is 0.963 bits per heavy atom. The van der Waals surface area contributed by atoms with Crippen molar-refractivity contribution in [3.63, 3.8) is 0 Å². The summed E-state index contributed by atoms with van der Waals surface area (Å²) in [4.78, 5) is 12.6. The standard InChI is InChI=1S/C18H9F3IN3OS/c19-18(20,21)13-2-5-15(6-3-13)26-17-16(23-8-9-24-17)12-1-4-14(25-11-12)7-10-27-22/h1-6,8-9,11H. The molecule has 0 atom stereocenters. The topological polar surface area (TPSA) is 47.9 Å². The van der Waals surface area contributed by atoms with Gasteiger partial charge in [0.05, 0.1) is 5.56 Å². The molecule has 0 unspecified atom stereocenters. The largest absolute Gasteiger partial charge is 0.437 e. The van der Waals surface area contributed by atoms with E-state index in [1.165, 1.54) is 33.5 Å². The van der Waals surface area contributed by atoms with Crippen LogP contribution in [-0.4, -0.2) is 15.0 Å². The molecule has 0 aliphatic carbocycles. The minimum absolute atomic E-state index is 0.167. The first-order valence-corrected chi connectivity index (χ1v) is 10.7. The van der Waals surface area contributed by atoms with Gasteiger partial charge >= 0.3 is 6.18 Å². The average Bonchev–Trinajstić information content (AvgIpc) is 2.67. The van der Waals surface area contributed by atoms with E-state index in [1.807, 2.05) is 0 Å². The Hall–Kier alpha value is -2.32. The fraction of sp³-hybridized carbons (Fsp3) is 0.0556. The maximum Gasteiger partial charge on any atom is 0.416 e. The number of nitrogens with zero attached hydrogens (tertiary/aromatic N) is 3. The molecule has 0 aliphatic rings. The molecule has 0 saturated carbocycles. The Bertz CT molecular complexity index is 984. The first-order chi connectivity index (χ1) is 13.0. The first-order valence-electron chi connectivity index (χ1n) is 7.38. The lowest BCUT2D eigenvalue weighted by molar-refractivity contribution is -0.137. The molecular formula is C18H9F3IN3OS. The third kappa shape index (κ3) is 5.11. The van der Waals surface area contributed by atoms with Crippen molar-refractivity contribution in [2.45, 2.75) is 6.18 Å². The van der Waals surface area contributed by atoms with Crippen molar-refractivity contribution in [1.82, 2.24) is 15.0 Å². The van der Waals surface area contributed by atoms with Crippen LogP contribution in [0.15, 0.2) is 55.0 Å². The van der Waals surface area contributed by atoms with Crippen molar-refractivity contribution in [1.29, 1.82) is 0 Å². The van der Waals surface area contributed by atoms with E-state index < -0.39 is 11.7 Å². The molecule has 0 spiro atoms. The molecule has 4 nitrogen and oxygen atoms in total. The van der Waals surface area contributed by atoms with E-state index >= 15 is 0 Å². The van der Waals surface area contributed by atoms with Gasteiger partial charge in [-0.1, -0.05) is 0 Å². The Balaban J connectivity index is 1.86. The molecule has 136 valence electrons. The van der Waals surface area contributed by atoms with Crippen LogP contribution in [0.3, 0.4) is 0 Å². The minimum Gasteiger partial charge on any atom is -0.437 e. The molecule has 9 heteroatoms. The fourth-order valence-corrected chi connectivity index (χ4v) is 2.57. The molecule has 0 aliphatic heterocycles. The van der Waals surface area contributed by atoms with E-state index in [2.05, 4.69) is 47.3 Å². The Labute approximate surface area is 169 Å². The molecule has 3 rings (SSSR count). The zero-order valence-electron chi connectivity index (χ0n) is 13.4. The first kappa shape index (κ1) is 19.4. The lowest BCUT2D eigenvalue weighted by atomic mass is 10.2. The fourth-order valence-electron chi connectivity index (χ4n) is 2.10. The number of halogens is 4. The van der Waals surface area contributed by atoms with Crippen LogP contribution in [0.5, 0.6) is 11.6 Å². The minimum atomic E-state index is -4.40. The molecule has 0 N–H and O–H groups in total. The number of hydrogen-bond acceptors (Lipinski definition) is 5. The number of hydrogen-bond donors (Lipinski definition) is 0.